The van der Waals surface area contributed by atoms with E-state index in [2.05, 4.69) is 5.32 Å². The molecule has 144 valence electrons. The molecule has 2 aromatic carbocycles. The summed E-state index contributed by atoms with van der Waals surface area (Å²) in [4.78, 5) is 12.5. The zero-order chi connectivity index (χ0) is 19.6. The summed E-state index contributed by atoms with van der Waals surface area (Å²) in [7, 11) is 0. The maximum absolute atomic E-state index is 12.8. The van der Waals surface area contributed by atoms with Crippen LogP contribution in [0.2, 0.25) is 5.02 Å². The number of alkyl halides is 3. The Balaban J connectivity index is 1.85. The summed E-state index contributed by atoms with van der Waals surface area (Å²) in [5, 5.41) is 3.92. The lowest BCUT2D eigenvalue weighted by atomic mass is 9.99. The zero-order valence-electron chi connectivity index (χ0n) is 14.8. The average molecular weight is 397 g/mol. The fourth-order valence-corrected chi connectivity index (χ4v) is 3.61. The minimum absolute atomic E-state index is 0.0140. The minimum Gasteiger partial charge on any atom is -0.377 e. The molecule has 2 aromatic rings. The van der Waals surface area contributed by atoms with Crippen molar-refractivity contribution in [1.82, 2.24) is 4.90 Å². The van der Waals surface area contributed by atoms with E-state index in [0.29, 0.717) is 17.9 Å². The van der Waals surface area contributed by atoms with E-state index in [0.717, 1.165) is 27.3 Å². The van der Waals surface area contributed by atoms with E-state index in [9.17, 15) is 18.0 Å². The van der Waals surface area contributed by atoms with Crippen LogP contribution >= 0.6 is 11.6 Å². The Hall–Kier alpha value is -2.21. The lowest BCUT2D eigenvalue weighted by Crippen LogP contribution is -2.42. The maximum atomic E-state index is 12.8. The van der Waals surface area contributed by atoms with E-state index in [4.69, 9.17) is 11.6 Å². The van der Waals surface area contributed by atoms with Crippen LogP contribution in [0.25, 0.3) is 0 Å². The number of carbonyl (C=O) groups excluding carboxylic acids is 1. The summed E-state index contributed by atoms with van der Waals surface area (Å²) in [5.41, 5.74) is 3.60. The first kappa shape index (κ1) is 19.5. The number of hydrogen-bond donors (Lipinski definition) is 1. The molecule has 0 bridgehead atoms. The van der Waals surface area contributed by atoms with Crippen molar-refractivity contribution in [3.8, 4) is 0 Å². The van der Waals surface area contributed by atoms with E-state index in [1.54, 1.807) is 6.07 Å². The molecule has 1 N–H and O–H groups in total. The number of carbonyl (C=O) groups is 1. The van der Waals surface area contributed by atoms with Gasteiger partial charge in [-0.15, -0.1) is 0 Å². The quantitative estimate of drug-likeness (QED) is 0.791. The summed E-state index contributed by atoms with van der Waals surface area (Å²) in [6, 6.07) is 13.4. The fraction of sp³-hybridized carbons (Fsp3) is 0.350. The summed E-state index contributed by atoms with van der Waals surface area (Å²) in [5.74, 6) is -1.78. The molecular weight excluding hydrogens is 377 g/mol. The second kappa shape index (κ2) is 7.80. The van der Waals surface area contributed by atoms with Gasteiger partial charge < -0.3 is 10.2 Å². The number of nitrogens with one attached hydrogen (secondary N) is 1. The molecule has 0 spiro atoms. The standard InChI is InChI=1S/C20H20ClF3N2O/c1-13(14-5-3-2-4-6-14)25-18-16-10-12-26(19(27)20(22,23)24)11-9-15(16)7-8-17(18)21/h2-8,13,25H,9-12H2,1H3/t13-/m0/s1. The molecular formula is C20H20ClF3N2O. The Bertz CT molecular complexity index is 824. The highest BCUT2D eigenvalue weighted by molar-refractivity contribution is 6.33. The Labute approximate surface area is 161 Å². The van der Waals surface area contributed by atoms with Crippen LogP contribution in [0.15, 0.2) is 42.5 Å². The summed E-state index contributed by atoms with van der Waals surface area (Å²) < 4.78 is 38.3. The predicted octanol–water partition coefficient (Wildman–Crippen LogP) is 5.00. The first-order valence-electron chi connectivity index (χ1n) is 8.75. The third-order valence-electron chi connectivity index (χ3n) is 4.83. The normalized spacial score (nSPS) is 15.7. The monoisotopic (exact) mass is 396 g/mol. The van der Waals surface area contributed by atoms with Crippen LogP contribution in [0.1, 0.15) is 29.7 Å². The van der Waals surface area contributed by atoms with Crippen LogP contribution in [-0.4, -0.2) is 30.1 Å². The summed E-state index contributed by atoms with van der Waals surface area (Å²) >= 11 is 6.39. The smallest absolute Gasteiger partial charge is 0.377 e. The van der Waals surface area contributed by atoms with Gasteiger partial charge in [-0.3, -0.25) is 4.79 Å². The Kier molecular flexibility index (Phi) is 5.65. The van der Waals surface area contributed by atoms with Gasteiger partial charge in [-0.25, -0.2) is 0 Å². The molecule has 3 nitrogen and oxygen atoms in total. The number of fused-ring (bicyclic) bond motifs is 1. The summed E-state index contributed by atoms with van der Waals surface area (Å²) in [6.07, 6.45) is -4.17. The molecule has 0 saturated carbocycles. The molecule has 0 aliphatic carbocycles. The largest absolute Gasteiger partial charge is 0.471 e. The number of amides is 1. The highest BCUT2D eigenvalue weighted by atomic mass is 35.5. The number of halogens is 4. The lowest BCUT2D eigenvalue weighted by molar-refractivity contribution is -0.185. The molecule has 1 aliphatic rings. The van der Waals surface area contributed by atoms with Crippen molar-refractivity contribution in [3.63, 3.8) is 0 Å². The van der Waals surface area contributed by atoms with Gasteiger partial charge in [0.2, 0.25) is 0 Å². The molecule has 1 heterocycles. The average Bonchev–Trinajstić information content (AvgIpc) is 2.86. The van der Waals surface area contributed by atoms with Crippen molar-refractivity contribution in [1.29, 1.82) is 0 Å². The van der Waals surface area contributed by atoms with Gasteiger partial charge in [0.1, 0.15) is 0 Å². The van der Waals surface area contributed by atoms with Crippen molar-refractivity contribution in [2.75, 3.05) is 18.4 Å². The molecule has 3 rings (SSSR count). The van der Waals surface area contributed by atoms with Gasteiger partial charge >= 0.3 is 12.1 Å². The van der Waals surface area contributed by atoms with Crippen molar-refractivity contribution >= 4 is 23.2 Å². The molecule has 1 atom stereocenters. The van der Waals surface area contributed by atoms with Gasteiger partial charge in [-0.2, -0.15) is 13.2 Å². The number of hydrogen-bond acceptors (Lipinski definition) is 2. The van der Waals surface area contributed by atoms with Gasteiger partial charge in [0.15, 0.2) is 0 Å². The molecule has 1 aliphatic heterocycles. The molecule has 0 fully saturated rings. The van der Waals surface area contributed by atoms with Crippen LogP contribution in [0, 0.1) is 0 Å². The lowest BCUT2D eigenvalue weighted by Gasteiger charge is -2.22. The van der Waals surface area contributed by atoms with E-state index in [-0.39, 0.29) is 19.1 Å². The predicted molar refractivity (Wildman–Crippen MR) is 100.0 cm³/mol. The van der Waals surface area contributed by atoms with Gasteiger partial charge in [0, 0.05) is 19.1 Å². The Morgan fingerprint density at radius 1 is 1.11 bits per heavy atom. The van der Waals surface area contributed by atoms with Gasteiger partial charge in [-0.1, -0.05) is 48.0 Å². The number of rotatable bonds is 3. The third-order valence-corrected chi connectivity index (χ3v) is 5.15. The van der Waals surface area contributed by atoms with Crippen LogP contribution in [0.3, 0.4) is 0 Å². The van der Waals surface area contributed by atoms with E-state index in [1.165, 1.54) is 0 Å². The van der Waals surface area contributed by atoms with Crippen LogP contribution < -0.4 is 5.32 Å². The van der Waals surface area contributed by atoms with E-state index < -0.39 is 12.1 Å². The van der Waals surface area contributed by atoms with E-state index in [1.807, 2.05) is 43.3 Å². The Morgan fingerprint density at radius 2 is 1.78 bits per heavy atom. The zero-order valence-corrected chi connectivity index (χ0v) is 15.6. The number of nitrogens with zero attached hydrogens (tertiary/aromatic N) is 1. The first-order chi connectivity index (χ1) is 12.8. The van der Waals surface area contributed by atoms with E-state index >= 15 is 0 Å². The fourth-order valence-electron chi connectivity index (χ4n) is 3.38. The SMILES string of the molecule is C[C@H](Nc1c(Cl)ccc2c1CCN(C(=O)C(F)(F)F)CC2)c1ccccc1. The molecule has 7 heteroatoms. The Morgan fingerprint density at radius 3 is 2.44 bits per heavy atom. The molecule has 0 saturated heterocycles. The molecule has 0 aromatic heterocycles. The van der Waals surface area contributed by atoms with Crippen LogP contribution in [0.5, 0.6) is 0 Å². The van der Waals surface area contributed by atoms with Gasteiger partial charge in [-0.05, 0) is 42.5 Å². The van der Waals surface area contributed by atoms with Gasteiger partial charge in [0.05, 0.1) is 10.7 Å². The molecule has 27 heavy (non-hydrogen) atoms. The second-order valence-corrected chi connectivity index (χ2v) is 7.03. The van der Waals surface area contributed by atoms with Crippen molar-refractivity contribution in [2.45, 2.75) is 32.0 Å². The highest BCUT2D eigenvalue weighted by Crippen LogP contribution is 2.34. The minimum atomic E-state index is -4.85. The number of anilines is 1. The summed E-state index contributed by atoms with van der Waals surface area (Å²) in [6.45, 7) is 2.06. The highest BCUT2D eigenvalue weighted by Gasteiger charge is 2.42. The molecule has 1 amide bonds. The van der Waals surface area contributed by atoms with Gasteiger partial charge in [0.25, 0.3) is 0 Å². The first-order valence-corrected chi connectivity index (χ1v) is 9.13. The molecule has 0 unspecified atom stereocenters. The second-order valence-electron chi connectivity index (χ2n) is 6.63. The topological polar surface area (TPSA) is 32.3 Å². The van der Waals surface area contributed by atoms with Crippen molar-refractivity contribution in [2.24, 2.45) is 0 Å². The number of benzene rings is 2. The third kappa shape index (κ3) is 4.38. The van der Waals surface area contributed by atoms with Crippen molar-refractivity contribution < 1.29 is 18.0 Å². The van der Waals surface area contributed by atoms with Crippen LogP contribution in [0.4, 0.5) is 18.9 Å². The molecule has 0 radical (unpaired) electrons. The van der Waals surface area contributed by atoms with Crippen molar-refractivity contribution in [3.05, 3.63) is 64.2 Å². The van der Waals surface area contributed by atoms with Crippen LogP contribution in [-0.2, 0) is 17.6 Å². The maximum Gasteiger partial charge on any atom is 0.471 e.